The maximum atomic E-state index is 4.40. The second-order valence-corrected chi connectivity index (χ2v) is 4.31. The number of rotatable bonds is 4. The maximum Gasteiger partial charge on any atom is 0.141 e. The molecule has 0 aliphatic heterocycles. The van der Waals surface area contributed by atoms with Gasteiger partial charge in [0.2, 0.25) is 0 Å². The minimum Gasteiger partial charge on any atom is -0.315 e. The van der Waals surface area contributed by atoms with Crippen LogP contribution in [0.25, 0.3) is 10.7 Å². The number of hydrogen-bond acceptors (Lipinski definition) is 4. The number of nitrogens with one attached hydrogen (secondary N) is 1. The predicted molar refractivity (Wildman–Crippen MR) is 61.8 cm³/mol. The van der Waals surface area contributed by atoms with Crippen molar-refractivity contribution >= 4 is 11.3 Å². The molecule has 0 aliphatic carbocycles. The normalized spacial score (nSPS) is 10.8. The monoisotopic (exact) mass is 222 g/mol. The van der Waals surface area contributed by atoms with E-state index in [1.807, 2.05) is 30.2 Å². The van der Waals surface area contributed by atoms with Gasteiger partial charge in [-0.25, -0.2) is 4.98 Å². The van der Waals surface area contributed by atoms with Crippen LogP contribution in [0.3, 0.4) is 0 Å². The molecule has 0 saturated carbocycles. The van der Waals surface area contributed by atoms with E-state index in [4.69, 9.17) is 0 Å². The third-order valence-electron chi connectivity index (χ3n) is 2.14. The molecule has 2 rings (SSSR count). The third-order valence-corrected chi connectivity index (χ3v) is 3.16. The van der Waals surface area contributed by atoms with Gasteiger partial charge in [-0.2, -0.15) is 5.10 Å². The Morgan fingerprint density at radius 2 is 2.40 bits per heavy atom. The van der Waals surface area contributed by atoms with Crippen molar-refractivity contribution in [2.24, 2.45) is 0 Å². The number of thiazole rings is 1. The lowest BCUT2D eigenvalue weighted by Crippen LogP contribution is -2.02. The highest BCUT2D eigenvalue weighted by Gasteiger charge is 2.08. The molecule has 0 spiro atoms. The van der Waals surface area contributed by atoms with E-state index in [2.05, 4.69) is 22.3 Å². The number of aryl methyl sites for hydroxylation is 1. The average Bonchev–Trinajstić information content (AvgIpc) is 2.84. The average molecular weight is 222 g/mol. The molecule has 0 aliphatic rings. The van der Waals surface area contributed by atoms with E-state index in [1.54, 1.807) is 11.3 Å². The van der Waals surface area contributed by atoms with Gasteiger partial charge >= 0.3 is 0 Å². The molecule has 0 fully saturated rings. The summed E-state index contributed by atoms with van der Waals surface area (Å²) >= 11 is 1.71. The van der Waals surface area contributed by atoms with Crippen LogP contribution in [0.5, 0.6) is 0 Å². The Bertz CT molecular complexity index is 432. The molecular weight excluding hydrogens is 208 g/mol. The van der Waals surface area contributed by atoms with Crippen LogP contribution in [0.1, 0.15) is 11.8 Å². The van der Waals surface area contributed by atoms with E-state index in [-0.39, 0.29) is 0 Å². The summed E-state index contributed by atoms with van der Waals surface area (Å²) in [6.07, 6.45) is 3.74. The summed E-state index contributed by atoms with van der Waals surface area (Å²) < 4.78 is 1.96. The van der Waals surface area contributed by atoms with Crippen molar-refractivity contribution in [1.82, 2.24) is 20.1 Å². The van der Waals surface area contributed by atoms with E-state index in [1.165, 1.54) is 4.88 Å². The lowest BCUT2D eigenvalue weighted by Gasteiger charge is -1.99. The van der Waals surface area contributed by atoms with Crippen molar-refractivity contribution in [3.05, 3.63) is 23.3 Å². The molecular formula is C10H14N4S. The van der Waals surface area contributed by atoms with E-state index in [0.29, 0.717) is 0 Å². The van der Waals surface area contributed by atoms with Gasteiger partial charge in [0.15, 0.2) is 0 Å². The first-order valence-corrected chi connectivity index (χ1v) is 5.78. The minimum atomic E-state index is 0.873. The molecule has 0 unspecified atom stereocenters. The quantitative estimate of drug-likeness (QED) is 0.857. The molecule has 0 saturated heterocycles. The van der Waals surface area contributed by atoms with Crippen LogP contribution in [-0.2, 0) is 13.1 Å². The van der Waals surface area contributed by atoms with Crippen molar-refractivity contribution in [3.8, 4) is 10.7 Å². The zero-order valence-electron chi connectivity index (χ0n) is 8.90. The molecule has 1 N–H and O–H groups in total. The molecule has 4 nitrogen and oxygen atoms in total. The van der Waals surface area contributed by atoms with Gasteiger partial charge < -0.3 is 5.32 Å². The highest BCUT2D eigenvalue weighted by Crippen LogP contribution is 2.24. The summed E-state index contributed by atoms with van der Waals surface area (Å²) in [5.41, 5.74) is 1.10. The Hall–Kier alpha value is -1.20. The van der Waals surface area contributed by atoms with Crippen LogP contribution < -0.4 is 5.32 Å². The summed E-state index contributed by atoms with van der Waals surface area (Å²) in [4.78, 5) is 5.65. The smallest absolute Gasteiger partial charge is 0.141 e. The summed E-state index contributed by atoms with van der Waals surface area (Å²) in [6.45, 7) is 3.83. The summed E-state index contributed by atoms with van der Waals surface area (Å²) in [5.74, 6) is 0. The first kappa shape index (κ1) is 10.3. The summed E-state index contributed by atoms with van der Waals surface area (Å²) in [5, 5.41) is 8.39. The Balaban J connectivity index is 2.28. The molecule has 5 heteroatoms. The molecule has 0 aromatic carbocycles. The van der Waals surface area contributed by atoms with E-state index in [0.717, 1.165) is 23.8 Å². The summed E-state index contributed by atoms with van der Waals surface area (Å²) in [7, 11) is 1.94. The van der Waals surface area contributed by atoms with Gasteiger partial charge in [-0.3, -0.25) is 4.68 Å². The standard InChI is InChI=1S/C10H14N4S/c1-3-14-9(4-5-13-14)10-12-7-8(15-10)6-11-2/h4-5,7,11H,3,6H2,1-2H3. The molecule has 80 valence electrons. The van der Waals surface area contributed by atoms with Crippen LogP contribution in [-0.4, -0.2) is 21.8 Å². The Kier molecular flexibility index (Phi) is 3.13. The maximum absolute atomic E-state index is 4.40. The molecule has 2 aromatic heterocycles. The van der Waals surface area contributed by atoms with Crippen LogP contribution in [0.4, 0.5) is 0 Å². The van der Waals surface area contributed by atoms with E-state index in [9.17, 15) is 0 Å². The van der Waals surface area contributed by atoms with Gasteiger partial charge in [-0.15, -0.1) is 11.3 Å². The van der Waals surface area contributed by atoms with Gasteiger partial charge in [-0.05, 0) is 20.0 Å². The highest BCUT2D eigenvalue weighted by molar-refractivity contribution is 7.15. The van der Waals surface area contributed by atoms with Crippen molar-refractivity contribution in [1.29, 1.82) is 0 Å². The van der Waals surface area contributed by atoms with Crippen LogP contribution in [0.2, 0.25) is 0 Å². The van der Waals surface area contributed by atoms with Gasteiger partial charge in [0.05, 0.1) is 5.69 Å². The molecule has 0 atom stereocenters. The molecule has 0 amide bonds. The van der Waals surface area contributed by atoms with Gasteiger partial charge in [-0.1, -0.05) is 0 Å². The summed E-state index contributed by atoms with van der Waals surface area (Å²) in [6, 6.07) is 2.01. The number of aromatic nitrogens is 3. The van der Waals surface area contributed by atoms with Crippen molar-refractivity contribution in [2.45, 2.75) is 20.0 Å². The fourth-order valence-electron chi connectivity index (χ4n) is 1.45. The second-order valence-electron chi connectivity index (χ2n) is 3.19. The van der Waals surface area contributed by atoms with E-state index >= 15 is 0 Å². The van der Waals surface area contributed by atoms with Gasteiger partial charge in [0, 0.05) is 30.4 Å². The second kappa shape index (κ2) is 4.55. The van der Waals surface area contributed by atoms with Gasteiger partial charge in [0.25, 0.3) is 0 Å². The minimum absolute atomic E-state index is 0.873. The van der Waals surface area contributed by atoms with Crippen LogP contribution in [0.15, 0.2) is 18.5 Å². The Morgan fingerprint density at radius 3 is 3.13 bits per heavy atom. The molecule has 15 heavy (non-hydrogen) atoms. The van der Waals surface area contributed by atoms with Gasteiger partial charge in [0.1, 0.15) is 5.01 Å². The predicted octanol–water partition coefficient (Wildman–Crippen LogP) is 1.75. The molecule has 2 aromatic rings. The molecule has 0 bridgehead atoms. The Labute approximate surface area is 93.0 Å². The topological polar surface area (TPSA) is 42.7 Å². The fourth-order valence-corrected chi connectivity index (χ4v) is 2.40. The Morgan fingerprint density at radius 1 is 1.53 bits per heavy atom. The van der Waals surface area contributed by atoms with Crippen molar-refractivity contribution < 1.29 is 0 Å². The van der Waals surface area contributed by atoms with Crippen LogP contribution in [0, 0.1) is 0 Å². The molecule has 0 radical (unpaired) electrons. The van der Waals surface area contributed by atoms with E-state index < -0.39 is 0 Å². The molecule has 2 heterocycles. The lowest BCUT2D eigenvalue weighted by atomic mass is 10.4. The highest BCUT2D eigenvalue weighted by atomic mass is 32.1. The first-order valence-electron chi connectivity index (χ1n) is 4.96. The largest absolute Gasteiger partial charge is 0.315 e. The first-order chi connectivity index (χ1) is 7.35. The third kappa shape index (κ3) is 2.08. The van der Waals surface area contributed by atoms with Crippen molar-refractivity contribution in [3.63, 3.8) is 0 Å². The van der Waals surface area contributed by atoms with Crippen LogP contribution >= 0.6 is 11.3 Å². The zero-order chi connectivity index (χ0) is 10.7. The lowest BCUT2D eigenvalue weighted by molar-refractivity contribution is 0.667. The number of nitrogens with zero attached hydrogens (tertiary/aromatic N) is 3. The number of hydrogen-bond donors (Lipinski definition) is 1. The fraction of sp³-hybridized carbons (Fsp3) is 0.400. The zero-order valence-corrected chi connectivity index (χ0v) is 9.71. The van der Waals surface area contributed by atoms with Crippen molar-refractivity contribution in [2.75, 3.05) is 7.05 Å². The SMILES string of the molecule is CCn1nccc1-c1ncc(CNC)s1.